The summed E-state index contributed by atoms with van der Waals surface area (Å²) in [6, 6.07) is 1.34. The maximum atomic E-state index is 3.77. The molecular weight excluding hydrogens is 198 g/mol. The van der Waals surface area contributed by atoms with Crippen LogP contribution in [-0.2, 0) is 0 Å². The molecule has 0 spiro atoms. The van der Waals surface area contributed by atoms with Crippen molar-refractivity contribution in [3.05, 3.63) is 0 Å². The topological polar surface area (TPSA) is 36.1 Å². The van der Waals surface area contributed by atoms with Crippen molar-refractivity contribution in [3.8, 4) is 0 Å². The fraction of sp³-hybridized carbons (Fsp3) is 1.00. The van der Waals surface area contributed by atoms with Crippen LogP contribution in [0.25, 0.3) is 0 Å². The summed E-state index contributed by atoms with van der Waals surface area (Å²) in [5.41, 5.74) is 0.306. The molecule has 3 heteroatoms. The number of hydrogen-bond acceptors (Lipinski definition) is 3. The lowest BCUT2D eigenvalue weighted by Gasteiger charge is -2.38. The average Bonchev–Trinajstić information content (AvgIpc) is 2.16. The second-order valence-corrected chi connectivity index (χ2v) is 5.81. The van der Waals surface area contributed by atoms with Crippen molar-refractivity contribution in [2.24, 2.45) is 0 Å². The molecule has 1 heterocycles. The summed E-state index contributed by atoms with van der Waals surface area (Å²) in [7, 11) is 2.02. The van der Waals surface area contributed by atoms with Gasteiger partial charge in [-0.3, -0.25) is 0 Å². The van der Waals surface area contributed by atoms with E-state index < -0.39 is 0 Å². The van der Waals surface area contributed by atoms with Crippen molar-refractivity contribution in [3.63, 3.8) is 0 Å². The highest BCUT2D eigenvalue weighted by molar-refractivity contribution is 4.90. The molecule has 1 aliphatic rings. The Morgan fingerprint density at radius 3 is 2.81 bits per heavy atom. The molecule has 3 nitrogen and oxygen atoms in total. The van der Waals surface area contributed by atoms with Gasteiger partial charge in [0.2, 0.25) is 0 Å². The Bertz CT molecular complexity index is 192. The van der Waals surface area contributed by atoms with Gasteiger partial charge in [0.1, 0.15) is 0 Å². The van der Waals surface area contributed by atoms with Crippen molar-refractivity contribution in [2.75, 3.05) is 20.1 Å². The third-order valence-corrected chi connectivity index (χ3v) is 3.44. The summed E-state index contributed by atoms with van der Waals surface area (Å²) in [4.78, 5) is 0. The summed E-state index contributed by atoms with van der Waals surface area (Å²) < 4.78 is 0. The van der Waals surface area contributed by atoms with Crippen molar-refractivity contribution < 1.29 is 0 Å². The number of nitrogens with one attached hydrogen (secondary N) is 3. The molecule has 1 rings (SSSR count). The number of rotatable bonds is 6. The van der Waals surface area contributed by atoms with E-state index in [1.807, 2.05) is 7.05 Å². The standard InChI is InChI=1S/C13H29N3/c1-11(6-5-8-14-4)16-12-7-9-15-13(2,3)10-12/h11-12,14-16H,5-10H2,1-4H3/t11-,12+/m0/s1. The maximum Gasteiger partial charge on any atom is 0.0139 e. The molecular formula is C13H29N3. The molecule has 1 fully saturated rings. The molecule has 0 bridgehead atoms. The van der Waals surface area contributed by atoms with E-state index in [0.29, 0.717) is 17.6 Å². The van der Waals surface area contributed by atoms with Gasteiger partial charge >= 0.3 is 0 Å². The second-order valence-electron chi connectivity index (χ2n) is 5.81. The Hall–Kier alpha value is -0.120. The van der Waals surface area contributed by atoms with Crippen LogP contribution in [0.15, 0.2) is 0 Å². The first-order valence-electron chi connectivity index (χ1n) is 6.69. The van der Waals surface area contributed by atoms with E-state index in [0.717, 1.165) is 13.1 Å². The summed E-state index contributed by atoms with van der Waals surface area (Å²) in [5.74, 6) is 0. The Morgan fingerprint density at radius 2 is 2.19 bits per heavy atom. The minimum atomic E-state index is 0.306. The van der Waals surface area contributed by atoms with Crippen LogP contribution in [0.2, 0.25) is 0 Å². The van der Waals surface area contributed by atoms with E-state index in [4.69, 9.17) is 0 Å². The quantitative estimate of drug-likeness (QED) is 0.602. The fourth-order valence-corrected chi connectivity index (χ4v) is 2.59. The van der Waals surface area contributed by atoms with Crippen LogP contribution < -0.4 is 16.0 Å². The van der Waals surface area contributed by atoms with Gasteiger partial charge in [-0.2, -0.15) is 0 Å². The summed E-state index contributed by atoms with van der Waals surface area (Å²) >= 11 is 0. The van der Waals surface area contributed by atoms with Gasteiger partial charge < -0.3 is 16.0 Å². The average molecular weight is 227 g/mol. The first-order chi connectivity index (χ1) is 7.53. The van der Waals surface area contributed by atoms with Crippen molar-refractivity contribution in [1.29, 1.82) is 0 Å². The van der Waals surface area contributed by atoms with Crippen LogP contribution in [0.1, 0.15) is 46.5 Å². The van der Waals surface area contributed by atoms with Gasteiger partial charge in [0, 0.05) is 17.6 Å². The normalized spacial score (nSPS) is 26.6. The van der Waals surface area contributed by atoms with Crippen LogP contribution in [0.3, 0.4) is 0 Å². The Morgan fingerprint density at radius 1 is 1.44 bits per heavy atom. The van der Waals surface area contributed by atoms with Crippen LogP contribution in [0.5, 0.6) is 0 Å². The highest BCUT2D eigenvalue weighted by Crippen LogP contribution is 2.19. The molecule has 2 atom stereocenters. The molecule has 0 aromatic carbocycles. The molecule has 0 aliphatic carbocycles. The first kappa shape index (κ1) is 13.9. The molecule has 0 amide bonds. The molecule has 1 saturated heterocycles. The van der Waals surface area contributed by atoms with E-state index >= 15 is 0 Å². The monoisotopic (exact) mass is 227 g/mol. The zero-order valence-corrected chi connectivity index (χ0v) is 11.4. The zero-order chi connectivity index (χ0) is 12.0. The molecule has 0 unspecified atom stereocenters. The molecule has 0 aromatic rings. The van der Waals surface area contributed by atoms with Gasteiger partial charge in [-0.05, 0) is 66.6 Å². The fourth-order valence-electron chi connectivity index (χ4n) is 2.59. The lowest BCUT2D eigenvalue weighted by Crippen LogP contribution is -2.53. The Kier molecular flexibility index (Phi) is 5.73. The summed E-state index contributed by atoms with van der Waals surface area (Å²) in [5, 5.41) is 10.5. The lowest BCUT2D eigenvalue weighted by molar-refractivity contribution is 0.235. The molecule has 0 radical (unpaired) electrons. The highest BCUT2D eigenvalue weighted by atomic mass is 15.0. The van der Waals surface area contributed by atoms with Crippen LogP contribution >= 0.6 is 0 Å². The molecule has 3 N–H and O–H groups in total. The SMILES string of the molecule is CNCCC[C@H](C)N[C@@H]1CCNC(C)(C)C1. The largest absolute Gasteiger partial charge is 0.320 e. The van der Waals surface area contributed by atoms with Crippen molar-refractivity contribution >= 4 is 0 Å². The van der Waals surface area contributed by atoms with Crippen molar-refractivity contribution in [2.45, 2.75) is 64.1 Å². The number of hydrogen-bond donors (Lipinski definition) is 3. The van der Waals surface area contributed by atoms with Crippen LogP contribution in [-0.4, -0.2) is 37.8 Å². The Labute approximate surface area is 101 Å². The smallest absolute Gasteiger partial charge is 0.0139 e. The van der Waals surface area contributed by atoms with Gasteiger partial charge in [-0.15, -0.1) is 0 Å². The van der Waals surface area contributed by atoms with Gasteiger partial charge in [0.25, 0.3) is 0 Å². The molecule has 96 valence electrons. The van der Waals surface area contributed by atoms with E-state index in [1.165, 1.54) is 25.7 Å². The highest BCUT2D eigenvalue weighted by Gasteiger charge is 2.27. The molecule has 0 aromatic heterocycles. The van der Waals surface area contributed by atoms with Crippen LogP contribution in [0.4, 0.5) is 0 Å². The predicted molar refractivity (Wildman–Crippen MR) is 70.9 cm³/mol. The molecule has 16 heavy (non-hydrogen) atoms. The first-order valence-corrected chi connectivity index (χ1v) is 6.69. The van der Waals surface area contributed by atoms with Gasteiger partial charge in [-0.25, -0.2) is 0 Å². The lowest BCUT2D eigenvalue weighted by atomic mass is 9.89. The summed E-state index contributed by atoms with van der Waals surface area (Å²) in [6.07, 6.45) is 5.04. The van der Waals surface area contributed by atoms with Gasteiger partial charge in [0.05, 0.1) is 0 Å². The molecule has 0 saturated carbocycles. The minimum Gasteiger partial charge on any atom is -0.320 e. The zero-order valence-electron chi connectivity index (χ0n) is 11.4. The van der Waals surface area contributed by atoms with Crippen molar-refractivity contribution in [1.82, 2.24) is 16.0 Å². The molecule has 1 aliphatic heterocycles. The van der Waals surface area contributed by atoms with E-state index in [1.54, 1.807) is 0 Å². The minimum absolute atomic E-state index is 0.306. The third-order valence-electron chi connectivity index (χ3n) is 3.44. The van der Waals surface area contributed by atoms with E-state index in [-0.39, 0.29) is 0 Å². The van der Waals surface area contributed by atoms with Crippen LogP contribution in [0, 0.1) is 0 Å². The number of piperidine rings is 1. The van der Waals surface area contributed by atoms with E-state index in [9.17, 15) is 0 Å². The third kappa shape index (κ3) is 5.28. The second kappa shape index (κ2) is 6.58. The van der Waals surface area contributed by atoms with E-state index in [2.05, 4.69) is 36.7 Å². The Balaban J connectivity index is 2.20. The maximum absolute atomic E-state index is 3.77. The van der Waals surface area contributed by atoms with Gasteiger partial charge in [-0.1, -0.05) is 0 Å². The predicted octanol–water partition coefficient (Wildman–Crippen LogP) is 1.49. The summed E-state index contributed by atoms with van der Waals surface area (Å²) in [6.45, 7) is 9.18. The van der Waals surface area contributed by atoms with Gasteiger partial charge in [0.15, 0.2) is 0 Å².